The van der Waals surface area contributed by atoms with Crippen molar-refractivity contribution in [3.63, 3.8) is 0 Å². The molecule has 24 heavy (non-hydrogen) atoms. The number of aryl methyl sites for hydroxylation is 1. The summed E-state index contributed by atoms with van der Waals surface area (Å²) >= 11 is 0. The average Bonchev–Trinajstić information content (AvgIpc) is 3.14. The second-order valence-corrected chi connectivity index (χ2v) is 6.63. The lowest BCUT2D eigenvalue weighted by Crippen LogP contribution is -2.36. The molecule has 0 fully saturated rings. The van der Waals surface area contributed by atoms with Gasteiger partial charge in [0.05, 0.1) is 18.3 Å². The normalized spacial score (nSPS) is 20.2. The van der Waals surface area contributed by atoms with E-state index < -0.39 is 0 Å². The van der Waals surface area contributed by atoms with E-state index in [4.69, 9.17) is 0 Å². The molecular weight excluding hydrogens is 304 g/mol. The van der Waals surface area contributed by atoms with Gasteiger partial charge in [-0.3, -0.25) is 14.3 Å². The first-order valence-corrected chi connectivity index (χ1v) is 8.90. The van der Waals surface area contributed by atoms with Gasteiger partial charge in [0.25, 0.3) is 5.91 Å². The first kappa shape index (κ1) is 16.7. The van der Waals surface area contributed by atoms with E-state index in [1.54, 1.807) is 6.92 Å². The number of carbonyl (C=O) groups excluding carboxylic acids is 2. The van der Waals surface area contributed by atoms with E-state index >= 15 is 0 Å². The monoisotopic (exact) mass is 330 g/mol. The number of carbonyl (C=O) groups is 2. The maximum atomic E-state index is 12.9. The van der Waals surface area contributed by atoms with Crippen molar-refractivity contribution in [3.8, 4) is 0 Å². The third-order valence-corrected chi connectivity index (χ3v) is 4.85. The molecule has 0 aromatic carbocycles. The summed E-state index contributed by atoms with van der Waals surface area (Å²) in [5.74, 6) is 0.0666. The highest BCUT2D eigenvalue weighted by atomic mass is 16.2. The van der Waals surface area contributed by atoms with Crippen LogP contribution in [0.5, 0.6) is 0 Å². The first-order valence-electron chi connectivity index (χ1n) is 8.90. The van der Waals surface area contributed by atoms with Crippen LogP contribution in [0, 0.1) is 0 Å². The number of nitrogens with zero attached hydrogens (tertiary/aromatic N) is 4. The molecule has 6 nitrogen and oxygen atoms in total. The molecule has 130 valence electrons. The van der Waals surface area contributed by atoms with Gasteiger partial charge in [-0.1, -0.05) is 31.9 Å². The highest BCUT2D eigenvalue weighted by molar-refractivity contribution is 5.93. The van der Waals surface area contributed by atoms with Crippen molar-refractivity contribution in [3.05, 3.63) is 29.6 Å². The molecule has 1 aromatic heterocycles. The SMILES string of the molecule is CCCC[C@@H]1C=CCN1C(=O)c1cc2n(n1)CCCN(C(C)=O)C2. The summed E-state index contributed by atoms with van der Waals surface area (Å²) < 4.78 is 1.89. The fourth-order valence-corrected chi connectivity index (χ4v) is 3.45. The Morgan fingerprint density at radius 1 is 1.33 bits per heavy atom. The molecule has 0 radical (unpaired) electrons. The molecule has 0 saturated heterocycles. The van der Waals surface area contributed by atoms with Crippen LogP contribution in [-0.2, 0) is 17.9 Å². The Bertz CT molecular complexity index is 649. The second kappa shape index (κ2) is 7.20. The predicted octanol–water partition coefficient (Wildman–Crippen LogP) is 2.21. The summed E-state index contributed by atoms with van der Waals surface area (Å²) in [6, 6.07) is 2.05. The molecule has 2 aliphatic rings. The Morgan fingerprint density at radius 2 is 2.17 bits per heavy atom. The molecule has 0 aliphatic carbocycles. The zero-order chi connectivity index (χ0) is 17.1. The molecule has 3 rings (SSSR count). The summed E-state index contributed by atoms with van der Waals surface area (Å²) in [6.45, 7) is 6.45. The number of unbranched alkanes of at least 4 members (excludes halogenated alkanes) is 1. The van der Waals surface area contributed by atoms with Crippen LogP contribution < -0.4 is 0 Å². The number of rotatable bonds is 4. The highest BCUT2D eigenvalue weighted by Crippen LogP contribution is 2.20. The molecule has 0 bridgehead atoms. The Balaban J connectivity index is 1.75. The summed E-state index contributed by atoms with van der Waals surface area (Å²) in [6.07, 6.45) is 8.32. The lowest BCUT2D eigenvalue weighted by molar-refractivity contribution is -0.129. The smallest absolute Gasteiger partial charge is 0.275 e. The highest BCUT2D eigenvalue weighted by Gasteiger charge is 2.28. The van der Waals surface area contributed by atoms with Gasteiger partial charge in [0.15, 0.2) is 5.69 Å². The van der Waals surface area contributed by atoms with E-state index in [-0.39, 0.29) is 17.9 Å². The van der Waals surface area contributed by atoms with E-state index in [2.05, 4.69) is 24.2 Å². The van der Waals surface area contributed by atoms with Gasteiger partial charge in [-0.2, -0.15) is 5.10 Å². The van der Waals surface area contributed by atoms with Crippen LogP contribution in [0.4, 0.5) is 0 Å². The predicted molar refractivity (Wildman–Crippen MR) is 91.4 cm³/mol. The minimum Gasteiger partial charge on any atom is -0.337 e. The molecule has 2 aliphatic heterocycles. The van der Waals surface area contributed by atoms with Gasteiger partial charge in [0.1, 0.15) is 0 Å². The van der Waals surface area contributed by atoms with Crippen molar-refractivity contribution >= 4 is 11.8 Å². The number of hydrogen-bond acceptors (Lipinski definition) is 3. The van der Waals surface area contributed by atoms with Crippen LogP contribution in [0.15, 0.2) is 18.2 Å². The van der Waals surface area contributed by atoms with Gasteiger partial charge in [-0.05, 0) is 18.9 Å². The van der Waals surface area contributed by atoms with E-state index in [1.165, 1.54) is 0 Å². The van der Waals surface area contributed by atoms with Gasteiger partial charge in [-0.25, -0.2) is 0 Å². The molecule has 2 amide bonds. The third-order valence-electron chi connectivity index (χ3n) is 4.85. The van der Waals surface area contributed by atoms with Crippen molar-refractivity contribution in [2.75, 3.05) is 13.1 Å². The molecular formula is C18H26N4O2. The van der Waals surface area contributed by atoms with Gasteiger partial charge in [0.2, 0.25) is 5.91 Å². The first-order chi connectivity index (χ1) is 11.6. The largest absolute Gasteiger partial charge is 0.337 e. The molecule has 0 unspecified atom stereocenters. The molecule has 6 heteroatoms. The van der Waals surface area contributed by atoms with Gasteiger partial charge in [-0.15, -0.1) is 0 Å². The van der Waals surface area contributed by atoms with Crippen LogP contribution in [0.2, 0.25) is 0 Å². The van der Waals surface area contributed by atoms with Gasteiger partial charge >= 0.3 is 0 Å². The van der Waals surface area contributed by atoms with Crippen LogP contribution in [0.1, 0.15) is 55.7 Å². The van der Waals surface area contributed by atoms with Crippen molar-refractivity contribution in [1.29, 1.82) is 0 Å². The molecule has 0 saturated carbocycles. The fourth-order valence-electron chi connectivity index (χ4n) is 3.45. The quantitative estimate of drug-likeness (QED) is 0.795. The zero-order valence-corrected chi connectivity index (χ0v) is 14.6. The zero-order valence-electron chi connectivity index (χ0n) is 14.6. The summed E-state index contributed by atoms with van der Waals surface area (Å²) in [4.78, 5) is 28.3. The van der Waals surface area contributed by atoms with Crippen molar-refractivity contribution in [2.24, 2.45) is 0 Å². The minimum atomic E-state index is -0.00366. The topological polar surface area (TPSA) is 58.4 Å². The Labute approximate surface area is 143 Å². The maximum absolute atomic E-state index is 12.9. The van der Waals surface area contributed by atoms with E-state index in [1.807, 2.05) is 20.5 Å². The van der Waals surface area contributed by atoms with E-state index in [0.29, 0.717) is 18.8 Å². The Hall–Kier alpha value is -2.11. The van der Waals surface area contributed by atoms with Gasteiger partial charge < -0.3 is 9.80 Å². The molecule has 3 heterocycles. The van der Waals surface area contributed by atoms with E-state index in [9.17, 15) is 9.59 Å². The van der Waals surface area contributed by atoms with Crippen LogP contribution >= 0.6 is 0 Å². The molecule has 1 atom stereocenters. The van der Waals surface area contributed by atoms with Crippen LogP contribution in [0.3, 0.4) is 0 Å². The Kier molecular flexibility index (Phi) is 5.02. The minimum absolute atomic E-state index is 0.00366. The molecule has 1 aromatic rings. The lowest BCUT2D eigenvalue weighted by atomic mass is 10.1. The van der Waals surface area contributed by atoms with Crippen molar-refractivity contribution in [2.45, 2.75) is 58.7 Å². The van der Waals surface area contributed by atoms with Crippen LogP contribution in [-0.4, -0.2) is 50.5 Å². The number of fused-ring (bicyclic) bond motifs is 1. The summed E-state index contributed by atoms with van der Waals surface area (Å²) in [5, 5.41) is 4.52. The maximum Gasteiger partial charge on any atom is 0.275 e. The molecule has 0 N–H and O–H groups in total. The molecule has 0 spiro atoms. The lowest BCUT2D eigenvalue weighted by Gasteiger charge is -2.23. The van der Waals surface area contributed by atoms with Gasteiger partial charge in [0, 0.05) is 26.6 Å². The second-order valence-electron chi connectivity index (χ2n) is 6.63. The summed E-state index contributed by atoms with van der Waals surface area (Å²) in [7, 11) is 0. The Morgan fingerprint density at radius 3 is 2.92 bits per heavy atom. The number of amides is 2. The third kappa shape index (κ3) is 3.37. The number of aromatic nitrogens is 2. The summed E-state index contributed by atoms with van der Waals surface area (Å²) in [5.41, 5.74) is 1.45. The van der Waals surface area contributed by atoms with Crippen LogP contribution in [0.25, 0.3) is 0 Å². The van der Waals surface area contributed by atoms with Crippen molar-refractivity contribution in [1.82, 2.24) is 19.6 Å². The number of hydrogen-bond donors (Lipinski definition) is 0. The van der Waals surface area contributed by atoms with E-state index in [0.717, 1.165) is 44.5 Å². The average molecular weight is 330 g/mol. The standard InChI is InChI=1S/C18H26N4O2/c1-3-4-7-15-8-5-10-21(15)18(24)17-12-16-13-20(14(2)23)9-6-11-22(16)19-17/h5,8,12,15H,3-4,6-7,9-11,13H2,1-2H3/t15-/m1/s1. The fraction of sp³-hybridized carbons (Fsp3) is 0.611. The van der Waals surface area contributed by atoms with Crippen molar-refractivity contribution < 1.29 is 9.59 Å².